The van der Waals surface area contributed by atoms with Gasteiger partial charge in [-0.1, -0.05) is 0 Å². The molecule has 0 saturated heterocycles. The maximum absolute atomic E-state index is 5.77. The molecule has 0 spiro atoms. The second-order valence-corrected chi connectivity index (χ2v) is 5.51. The predicted molar refractivity (Wildman–Crippen MR) is 80.2 cm³/mol. The van der Waals surface area contributed by atoms with Crippen LogP contribution in [-0.2, 0) is 4.74 Å². The summed E-state index contributed by atoms with van der Waals surface area (Å²) in [6.45, 7) is 6.94. The predicted octanol–water partition coefficient (Wildman–Crippen LogP) is 1.50. The van der Waals surface area contributed by atoms with Crippen LogP contribution in [0.2, 0.25) is 0 Å². The lowest BCUT2D eigenvalue weighted by Crippen LogP contribution is -2.20. The van der Waals surface area contributed by atoms with E-state index in [9.17, 15) is 0 Å². The van der Waals surface area contributed by atoms with Crippen LogP contribution in [0.25, 0.3) is 0 Å². The van der Waals surface area contributed by atoms with Crippen molar-refractivity contribution >= 4 is 22.4 Å². The Balaban J connectivity index is 2.29. The number of nitrogens with two attached hydrogens (primary N) is 1. The number of likely N-dealkylation sites (N-methyl/N-ethyl adjacent to an activating group) is 1. The molecular weight excluding hydrogens is 264 g/mol. The summed E-state index contributed by atoms with van der Waals surface area (Å²) >= 11 is 1.31. The maximum atomic E-state index is 5.77. The number of rotatable bonds is 9. The molecule has 0 aromatic carbocycles. The van der Waals surface area contributed by atoms with Crippen molar-refractivity contribution in [2.75, 3.05) is 51.4 Å². The van der Waals surface area contributed by atoms with E-state index in [0.29, 0.717) is 24.7 Å². The molecule has 0 saturated carbocycles. The van der Waals surface area contributed by atoms with Crippen LogP contribution in [0.3, 0.4) is 0 Å². The SMILES string of the molecule is CC(C)Oc1c(N)nsc1NCCOCCN(C)C. The number of hydrogen-bond acceptors (Lipinski definition) is 7. The smallest absolute Gasteiger partial charge is 0.197 e. The molecule has 0 aliphatic rings. The average molecular weight is 288 g/mol. The van der Waals surface area contributed by atoms with Gasteiger partial charge in [-0.25, -0.2) is 0 Å². The molecule has 1 aromatic rings. The van der Waals surface area contributed by atoms with Crippen molar-refractivity contribution in [1.82, 2.24) is 9.27 Å². The number of nitrogens with one attached hydrogen (secondary N) is 1. The molecule has 0 bridgehead atoms. The van der Waals surface area contributed by atoms with E-state index in [1.807, 2.05) is 27.9 Å². The summed E-state index contributed by atoms with van der Waals surface area (Å²) in [5.41, 5.74) is 5.77. The quantitative estimate of drug-likeness (QED) is 0.671. The Kier molecular flexibility index (Phi) is 6.90. The fourth-order valence-corrected chi connectivity index (χ4v) is 2.02. The zero-order chi connectivity index (χ0) is 14.3. The third-order valence-corrected chi connectivity index (χ3v) is 3.04. The van der Waals surface area contributed by atoms with Crippen molar-refractivity contribution in [3.05, 3.63) is 0 Å². The van der Waals surface area contributed by atoms with Gasteiger partial charge in [-0.15, -0.1) is 0 Å². The molecule has 0 radical (unpaired) electrons. The van der Waals surface area contributed by atoms with E-state index in [1.165, 1.54) is 11.5 Å². The molecule has 6 nitrogen and oxygen atoms in total. The minimum Gasteiger partial charge on any atom is -0.484 e. The molecule has 1 rings (SSSR count). The standard InChI is InChI=1S/C12H24N4O2S/c1-9(2)18-10-11(13)15-19-12(10)14-5-7-17-8-6-16(3)4/h9,14H,5-8H2,1-4H3,(H2,13,15). The van der Waals surface area contributed by atoms with Crippen molar-refractivity contribution in [1.29, 1.82) is 0 Å². The lowest BCUT2D eigenvalue weighted by molar-refractivity contribution is 0.126. The highest BCUT2D eigenvalue weighted by atomic mass is 32.1. The third-order valence-electron chi connectivity index (χ3n) is 2.24. The first kappa shape index (κ1) is 16.0. The van der Waals surface area contributed by atoms with Crippen LogP contribution in [0.1, 0.15) is 13.8 Å². The molecule has 0 aliphatic heterocycles. The van der Waals surface area contributed by atoms with Gasteiger partial charge >= 0.3 is 0 Å². The molecule has 0 amide bonds. The molecule has 7 heteroatoms. The summed E-state index contributed by atoms with van der Waals surface area (Å²) in [7, 11) is 4.05. The van der Waals surface area contributed by atoms with Crippen LogP contribution < -0.4 is 15.8 Å². The molecule has 0 unspecified atom stereocenters. The average Bonchev–Trinajstić information content (AvgIpc) is 2.65. The largest absolute Gasteiger partial charge is 0.484 e. The lowest BCUT2D eigenvalue weighted by Gasteiger charge is -2.12. The second kappa shape index (κ2) is 8.19. The van der Waals surface area contributed by atoms with E-state index < -0.39 is 0 Å². The van der Waals surface area contributed by atoms with E-state index >= 15 is 0 Å². The Bertz CT molecular complexity index is 369. The van der Waals surface area contributed by atoms with Crippen LogP contribution in [0, 0.1) is 0 Å². The van der Waals surface area contributed by atoms with Gasteiger partial charge in [0.1, 0.15) is 0 Å². The summed E-state index contributed by atoms with van der Waals surface area (Å²) in [4.78, 5) is 2.09. The van der Waals surface area contributed by atoms with Gasteiger partial charge in [0.05, 0.1) is 19.3 Å². The third kappa shape index (κ3) is 6.09. The minimum atomic E-state index is 0.0793. The first-order chi connectivity index (χ1) is 9.00. The number of anilines is 2. The summed E-state index contributed by atoms with van der Waals surface area (Å²) in [6, 6.07) is 0. The number of aromatic nitrogens is 1. The van der Waals surface area contributed by atoms with Gasteiger partial charge in [-0.3, -0.25) is 0 Å². The Morgan fingerprint density at radius 2 is 2.11 bits per heavy atom. The topological polar surface area (TPSA) is 72.6 Å². The van der Waals surface area contributed by atoms with Gasteiger partial charge in [0.15, 0.2) is 16.6 Å². The Labute approximate surface area is 119 Å². The summed E-state index contributed by atoms with van der Waals surface area (Å²) in [5.74, 6) is 1.09. The number of nitrogens with zero attached hydrogens (tertiary/aromatic N) is 2. The zero-order valence-electron chi connectivity index (χ0n) is 12.1. The van der Waals surface area contributed by atoms with Gasteiger partial charge in [0, 0.05) is 13.1 Å². The Morgan fingerprint density at radius 3 is 2.74 bits per heavy atom. The first-order valence-corrected chi connectivity index (χ1v) is 7.16. The maximum Gasteiger partial charge on any atom is 0.197 e. The van der Waals surface area contributed by atoms with Gasteiger partial charge < -0.3 is 25.4 Å². The van der Waals surface area contributed by atoms with E-state index in [-0.39, 0.29) is 6.10 Å². The minimum absolute atomic E-state index is 0.0793. The number of ether oxygens (including phenoxy) is 2. The monoisotopic (exact) mass is 288 g/mol. The van der Waals surface area contributed by atoms with Crippen molar-refractivity contribution in [3.63, 3.8) is 0 Å². The zero-order valence-corrected chi connectivity index (χ0v) is 12.9. The Morgan fingerprint density at radius 1 is 1.37 bits per heavy atom. The molecule has 0 fully saturated rings. The second-order valence-electron chi connectivity index (χ2n) is 4.74. The van der Waals surface area contributed by atoms with E-state index in [2.05, 4.69) is 14.6 Å². The van der Waals surface area contributed by atoms with Crippen LogP contribution in [0.4, 0.5) is 10.8 Å². The lowest BCUT2D eigenvalue weighted by atomic mass is 10.4. The Hall–Kier alpha value is -1.05. The molecular formula is C12H24N4O2S. The van der Waals surface area contributed by atoms with E-state index in [1.54, 1.807) is 0 Å². The van der Waals surface area contributed by atoms with Gasteiger partial charge in [0.2, 0.25) is 0 Å². The highest BCUT2D eigenvalue weighted by molar-refractivity contribution is 7.11. The fraction of sp³-hybridized carbons (Fsp3) is 0.750. The van der Waals surface area contributed by atoms with Crippen LogP contribution >= 0.6 is 11.5 Å². The van der Waals surface area contributed by atoms with Gasteiger partial charge in [0.25, 0.3) is 0 Å². The molecule has 1 heterocycles. The van der Waals surface area contributed by atoms with Crippen LogP contribution in [0.5, 0.6) is 5.75 Å². The van der Waals surface area contributed by atoms with Gasteiger partial charge in [-0.05, 0) is 39.5 Å². The molecule has 1 aromatic heterocycles. The highest BCUT2D eigenvalue weighted by Gasteiger charge is 2.13. The van der Waals surface area contributed by atoms with E-state index in [4.69, 9.17) is 15.2 Å². The normalized spacial score (nSPS) is 11.3. The molecule has 110 valence electrons. The highest BCUT2D eigenvalue weighted by Crippen LogP contribution is 2.35. The van der Waals surface area contributed by atoms with Crippen molar-refractivity contribution in [2.24, 2.45) is 0 Å². The van der Waals surface area contributed by atoms with Crippen molar-refractivity contribution < 1.29 is 9.47 Å². The van der Waals surface area contributed by atoms with Crippen molar-refractivity contribution in [3.8, 4) is 5.75 Å². The van der Waals surface area contributed by atoms with Crippen LogP contribution in [0.15, 0.2) is 0 Å². The molecule has 0 aliphatic carbocycles. The fourth-order valence-electron chi connectivity index (χ4n) is 1.34. The van der Waals surface area contributed by atoms with Crippen molar-refractivity contribution in [2.45, 2.75) is 20.0 Å². The summed E-state index contributed by atoms with van der Waals surface area (Å²) in [5, 5.41) is 4.10. The molecule has 3 N–H and O–H groups in total. The number of hydrogen-bond donors (Lipinski definition) is 2. The van der Waals surface area contributed by atoms with Crippen LogP contribution in [-0.4, -0.2) is 55.8 Å². The van der Waals surface area contributed by atoms with Gasteiger partial charge in [-0.2, -0.15) is 4.37 Å². The summed E-state index contributed by atoms with van der Waals surface area (Å²) in [6.07, 6.45) is 0.0793. The van der Waals surface area contributed by atoms with E-state index in [0.717, 1.165) is 18.2 Å². The first-order valence-electron chi connectivity index (χ1n) is 6.39. The number of nitrogen functional groups attached to an aromatic ring is 1. The molecule has 0 atom stereocenters. The summed E-state index contributed by atoms with van der Waals surface area (Å²) < 4.78 is 15.2. The molecule has 19 heavy (non-hydrogen) atoms.